The lowest BCUT2D eigenvalue weighted by molar-refractivity contribution is 0.254. The van der Waals surface area contributed by atoms with Crippen molar-refractivity contribution in [2.75, 3.05) is 0 Å². The fourth-order valence-electron chi connectivity index (χ4n) is 0.944. The van der Waals surface area contributed by atoms with Crippen molar-refractivity contribution >= 4 is 33.7 Å². The van der Waals surface area contributed by atoms with E-state index in [4.69, 9.17) is 26.9 Å². The van der Waals surface area contributed by atoms with Crippen molar-refractivity contribution < 1.29 is 23.8 Å². The fraction of sp³-hybridized carbons (Fsp3) is 0.143. The van der Waals surface area contributed by atoms with Gasteiger partial charge in [0, 0.05) is 6.20 Å². The molecule has 1 rings (SSSR count). The van der Waals surface area contributed by atoms with Crippen LogP contribution >= 0.6 is 28.8 Å². The molecule has 0 aliphatic heterocycles. The van der Waals surface area contributed by atoms with Crippen molar-refractivity contribution in [2.24, 2.45) is 0 Å². The van der Waals surface area contributed by atoms with Crippen LogP contribution in [0.5, 0.6) is 0 Å². The van der Waals surface area contributed by atoms with Gasteiger partial charge < -0.3 is 0 Å². The van der Waals surface area contributed by atoms with Crippen molar-refractivity contribution in [1.82, 2.24) is 4.98 Å². The molecular formula is C7H8NO5P2S+. The minimum atomic E-state index is -4.37. The topological polar surface area (TPSA) is 99.9 Å². The van der Waals surface area contributed by atoms with Crippen LogP contribution in [0.3, 0.4) is 0 Å². The molecule has 1 aromatic heterocycles. The summed E-state index contributed by atoms with van der Waals surface area (Å²) < 4.78 is 14.7. The summed E-state index contributed by atoms with van der Waals surface area (Å²) in [5.74, 6) is -1.61. The Morgan fingerprint density at radius 1 is 1.50 bits per heavy atom. The molecule has 9 heteroatoms. The number of thiocarbonyl (C=S) groups is 1. The molecule has 1 heterocycles. The highest BCUT2D eigenvalue weighted by atomic mass is 32.1. The van der Waals surface area contributed by atoms with Gasteiger partial charge in [-0.25, -0.2) is 9.09 Å². The van der Waals surface area contributed by atoms with Crippen molar-refractivity contribution in [2.45, 2.75) is 5.85 Å². The zero-order valence-electron chi connectivity index (χ0n) is 7.79. The summed E-state index contributed by atoms with van der Waals surface area (Å²) in [5, 5.41) is 0. The molecule has 0 saturated heterocycles. The molecule has 6 nitrogen and oxygen atoms in total. The predicted octanol–water partition coefficient (Wildman–Crippen LogP) is 1.09. The molecule has 0 aromatic carbocycles. The average molecular weight is 280 g/mol. The highest BCUT2D eigenvalue weighted by Crippen LogP contribution is 2.52. The molecule has 0 amide bonds. The number of hydrogen-bond acceptors (Lipinski definition) is 7. The highest BCUT2D eigenvalue weighted by Gasteiger charge is 2.48. The van der Waals surface area contributed by atoms with E-state index in [0.29, 0.717) is 0 Å². The lowest BCUT2D eigenvalue weighted by Gasteiger charge is -2.14. The lowest BCUT2D eigenvalue weighted by atomic mass is 10.3. The van der Waals surface area contributed by atoms with E-state index in [1.54, 1.807) is 12.1 Å². The summed E-state index contributed by atoms with van der Waals surface area (Å²) in [6, 6.07) is 4.79. The second-order valence-corrected chi connectivity index (χ2v) is 5.22. The first kappa shape index (κ1) is 13.7. The summed E-state index contributed by atoms with van der Waals surface area (Å²) in [7, 11) is -5.19. The fourth-order valence-corrected chi connectivity index (χ4v) is 2.86. The van der Waals surface area contributed by atoms with Crippen LogP contribution in [0.15, 0.2) is 24.4 Å². The molecule has 0 radical (unpaired) electrons. The van der Waals surface area contributed by atoms with Gasteiger partial charge >= 0.3 is 16.6 Å². The normalized spacial score (nSPS) is 13.7. The summed E-state index contributed by atoms with van der Waals surface area (Å²) in [4.78, 5) is 31.0. The molecular weight excluding hydrogens is 272 g/mol. The zero-order chi connectivity index (χ0) is 12.2. The Morgan fingerprint density at radius 3 is 2.62 bits per heavy atom. The van der Waals surface area contributed by atoms with Gasteiger partial charge in [-0.05, 0) is 12.1 Å². The third-order valence-corrected chi connectivity index (χ3v) is 3.65. The van der Waals surface area contributed by atoms with Crippen LogP contribution in [0.1, 0.15) is 5.69 Å². The van der Waals surface area contributed by atoms with Crippen molar-refractivity contribution in [3.8, 4) is 0 Å². The number of aromatic nitrogens is 1. The van der Waals surface area contributed by atoms with E-state index in [1.807, 2.05) is 0 Å². The van der Waals surface area contributed by atoms with Gasteiger partial charge in [0.15, 0.2) is 0 Å². The third-order valence-electron chi connectivity index (χ3n) is 1.60. The van der Waals surface area contributed by atoms with Gasteiger partial charge in [0.1, 0.15) is 4.86 Å². The first-order chi connectivity index (χ1) is 7.46. The van der Waals surface area contributed by atoms with Crippen LogP contribution in [-0.2, 0) is 9.09 Å². The lowest BCUT2D eigenvalue weighted by Crippen LogP contribution is -2.24. The second-order valence-electron chi connectivity index (χ2n) is 2.73. The maximum Gasteiger partial charge on any atom is 0.441 e. The van der Waals surface area contributed by atoms with E-state index in [2.05, 4.69) is 9.51 Å². The maximum atomic E-state index is 10.3. The van der Waals surface area contributed by atoms with Crippen LogP contribution in [0.4, 0.5) is 0 Å². The van der Waals surface area contributed by atoms with E-state index < -0.39 is 22.5 Å². The van der Waals surface area contributed by atoms with Crippen LogP contribution in [-0.4, -0.2) is 30.4 Å². The van der Waals surface area contributed by atoms with Gasteiger partial charge in [0.2, 0.25) is 0 Å². The second kappa shape index (κ2) is 5.80. The molecule has 1 aromatic rings. The van der Waals surface area contributed by atoms with Crippen LogP contribution in [0.2, 0.25) is 0 Å². The number of rotatable bonds is 5. The van der Waals surface area contributed by atoms with E-state index in [9.17, 15) is 4.57 Å². The van der Waals surface area contributed by atoms with Gasteiger partial charge in [-0.3, -0.25) is 4.98 Å². The van der Waals surface area contributed by atoms with Crippen molar-refractivity contribution in [3.05, 3.63) is 30.1 Å². The monoisotopic (exact) mass is 280 g/mol. The highest BCUT2D eigenvalue weighted by molar-refractivity contribution is 7.82. The molecule has 86 valence electrons. The van der Waals surface area contributed by atoms with Gasteiger partial charge in [0.25, 0.3) is 5.85 Å². The molecule has 0 saturated carbocycles. The van der Waals surface area contributed by atoms with Crippen LogP contribution < -0.4 is 0 Å². The van der Waals surface area contributed by atoms with Gasteiger partial charge in [-0.2, -0.15) is 14.7 Å². The molecule has 0 spiro atoms. The zero-order valence-corrected chi connectivity index (χ0v) is 10.4. The van der Waals surface area contributed by atoms with E-state index in [1.165, 1.54) is 12.3 Å². The maximum absolute atomic E-state index is 10.3. The summed E-state index contributed by atoms with van der Waals surface area (Å²) in [6.07, 6.45) is 1.44. The molecule has 0 aliphatic carbocycles. The Balaban J connectivity index is 2.97. The van der Waals surface area contributed by atoms with Crippen LogP contribution in [0.25, 0.3) is 0 Å². The van der Waals surface area contributed by atoms with Crippen LogP contribution in [0, 0.1) is 0 Å². The third kappa shape index (κ3) is 3.57. The van der Waals surface area contributed by atoms with Gasteiger partial charge in [-0.15, -0.1) is 0 Å². The molecule has 0 aliphatic rings. The van der Waals surface area contributed by atoms with E-state index in [0.717, 1.165) is 0 Å². The molecule has 1 unspecified atom stereocenters. The van der Waals surface area contributed by atoms with Crippen molar-refractivity contribution in [3.63, 3.8) is 0 Å². The quantitative estimate of drug-likeness (QED) is 0.421. The molecule has 16 heavy (non-hydrogen) atoms. The minimum absolute atomic E-state index is 0.121. The Hall–Kier alpha value is -0.390. The minimum Gasteiger partial charge on any atom is -0.255 e. The summed E-state index contributed by atoms with van der Waals surface area (Å²) in [5.41, 5.74) is 0.243. The molecule has 1 atom stereocenters. The number of nitrogens with zero attached hydrogens (tertiary/aromatic N) is 1. The largest absolute Gasteiger partial charge is 0.441 e. The Morgan fingerprint density at radius 2 is 2.19 bits per heavy atom. The number of pyridine rings is 1. The Bertz CT molecular complexity index is 382. The first-order valence-electron chi connectivity index (χ1n) is 3.97. The Labute approximate surface area is 98.8 Å². The number of hydrogen-bond donors (Lipinski definition) is 3. The Kier molecular flexibility index (Phi) is 4.95. The average Bonchev–Trinajstić information content (AvgIpc) is 2.25. The molecule has 3 N–H and O–H groups in total. The summed E-state index contributed by atoms with van der Waals surface area (Å²) >= 11 is 4.87. The van der Waals surface area contributed by atoms with E-state index >= 15 is 0 Å². The van der Waals surface area contributed by atoms with Gasteiger partial charge in [0.05, 0.1) is 5.69 Å². The SMILES string of the molecule is O=POC(C(=S)c1ccccn1)[P+](O)(O)O. The van der Waals surface area contributed by atoms with E-state index in [-0.39, 0.29) is 10.6 Å². The first-order valence-corrected chi connectivity index (χ1v) is 6.83. The van der Waals surface area contributed by atoms with Crippen molar-refractivity contribution in [1.29, 1.82) is 0 Å². The molecule has 0 bridgehead atoms. The standard InChI is InChI=1S/C7H8NO5P2S/c9-14-13-7(15(10,11)12)6(16)5-3-1-2-4-8-5/h1-4,7,10-12H/q+1. The summed E-state index contributed by atoms with van der Waals surface area (Å²) in [6.45, 7) is 0. The molecule has 0 fully saturated rings. The predicted molar refractivity (Wildman–Crippen MR) is 62.0 cm³/mol. The van der Waals surface area contributed by atoms with Gasteiger partial charge in [-0.1, -0.05) is 18.3 Å². The smallest absolute Gasteiger partial charge is 0.255 e.